The predicted molar refractivity (Wildman–Crippen MR) is 142 cm³/mol. The van der Waals surface area contributed by atoms with Crippen LogP contribution in [-0.4, -0.2) is 77.7 Å². The summed E-state index contributed by atoms with van der Waals surface area (Å²) in [6.07, 6.45) is 11.3. The molecule has 0 saturated heterocycles. The first kappa shape index (κ1) is 35.7. The first-order valence-corrected chi connectivity index (χ1v) is 12.4. The maximum absolute atomic E-state index is 11.3. The van der Waals surface area contributed by atoms with E-state index in [1.165, 1.54) is 40.5 Å². The van der Waals surface area contributed by atoms with Crippen molar-refractivity contribution < 1.29 is 28.7 Å². The van der Waals surface area contributed by atoms with Crippen molar-refractivity contribution in [2.75, 3.05) is 32.6 Å². The van der Waals surface area contributed by atoms with Crippen LogP contribution in [0.2, 0.25) is 0 Å². The van der Waals surface area contributed by atoms with Gasteiger partial charge in [-0.1, -0.05) is 6.42 Å². The van der Waals surface area contributed by atoms with E-state index < -0.39 is 11.7 Å². The molecule has 12 heteroatoms. The van der Waals surface area contributed by atoms with Crippen LogP contribution in [0.4, 0.5) is 4.79 Å². The Bertz CT molecular complexity index is 745. The molecular formula is C24H40Cl2N4O6. The number of amides is 5. The minimum Gasteiger partial charge on any atom is -0.444 e. The van der Waals surface area contributed by atoms with Crippen LogP contribution in [0.25, 0.3) is 0 Å². The van der Waals surface area contributed by atoms with E-state index in [-0.39, 0.29) is 36.0 Å². The number of nitrogens with one attached hydrogen (secondary N) is 1. The summed E-state index contributed by atoms with van der Waals surface area (Å²) >= 11 is 4.64. The summed E-state index contributed by atoms with van der Waals surface area (Å²) in [5.74, 6) is -0.890. The lowest BCUT2D eigenvalue weighted by Gasteiger charge is -2.19. The third-order valence-electron chi connectivity index (χ3n) is 4.61. The van der Waals surface area contributed by atoms with Crippen molar-refractivity contribution in [1.82, 2.24) is 15.1 Å². The second kappa shape index (κ2) is 19.7. The summed E-state index contributed by atoms with van der Waals surface area (Å²) in [6, 6.07) is 0. The van der Waals surface area contributed by atoms with E-state index in [0.29, 0.717) is 26.2 Å². The van der Waals surface area contributed by atoms with E-state index in [0.717, 1.165) is 38.5 Å². The van der Waals surface area contributed by atoms with Gasteiger partial charge in [-0.3, -0.25) is 29.0 Å². The van der Waals surface area contributed by atoms with Gasteiger partial charge in [0.15, 0.2) is 0 Å². The quantitative estimate of drug-likeness (QED) is 0.229. The van der Waals surface area contributed by atoms with Crippen LogP contribution < -0.4 is 11.1 Å². The van der Waals surface area contributed by atoms with Crippen molar-refractivity contribution >= 4 is 53.7 Å². The Hall–Kier alpha value is -2.43. The van der Waals surface area contributed by atoms with Gasteiger partial charge < -0.3 is 15.8 Å². The van der Waals surface area contributed by atoms with Crippen molar-refractivity contribution in [3.8, 4) is 0 Å². The van der Waals surface area contributed by atoms with E-state index in [4.69, 9.17) is 10.5 Å². The molecule has 2 aliphatic rings. The second-order valence-corrected chi connectivity index (χ2v) is 8.66. The number of hydrogen-bond acceptors (Lipinski definition) is 7. The maximum Gasteiger partial charge on any atom is 0.407 e. The lowest BCUT2D eigenvalue weighted by atomic mass is 10.2. The molecule has 0 aromatic heterocycles. The zero-order valence-corrected chi connectivity index (χ0v) is 23.2. The fourth-order valence-electron chi connectivity index (χ4n) is 2.97. The van der Waals surface area contributed by atoms with Gasteiger partial charge in [0.1, 0.15) is 5.60 Å². The highest BCUT2D eigenvalue weighted by molar-refractivity contribution is 6.15. The van der Waals surface area contributed by atoms with Gasteiger partial charge in [-0.2, -0.15) is 0 Å². The van der Waals surface area contributed by atoms with Crippen LogP contribution >= 0.6 is 24.0 Å². The van der Waals surface area contributed by atoms with Crippen LogP contribution in [-0.2, 0) is 23.9 Å². The Labute approximate surface area is 225 Å². The number of hydrogen-bond donors (Lipinski definition) is 2. The minimum absolute atomic E-state index is 0. The lowest BCUT2D eigenvalue weighted by molar-refractivity contribution is -0.138. The van der Waals surface area contributed by atoms with Gasteiger partial charge in [0, 0.05) is 50.3 Å². The Kier molecular flexibility index (Phi) is 19.6. The molecule has 0 aromatic rings. The molecule has 0 spiro atoms. The first-order chi connectivity index (χ1) is 16.5. The van der Waals surface area contributed by atoms with E-state index >= 15 is 0 Å². The molecule has 0 aromatic carbocycles. The van der Waals surface area contributed by atoms with E-state index in [2.05, 4.69) is 16.9 Å². The van der Waals surface area contributed by atoms with Gasteiger partial charge in [-0.05, 0) is 59.4 Å². The van der Waals surface area contributed by atoms with Crippen molar-refractivity contribution in [2.24, 2.45) is 5.73 Å². The van der Waals surface area contributed by atoms with Crippen LogP contribution in [0.15, 0.2) is 24.3 Å². The Morgan fingerprint density at radius 1 is 0.806 bits per heavy atom. The fraction of sp³-hybridized carbons (Fsp3) is 0.625. The summed E-state index contributed by atoms with van der Waals surface area (Å²) in [6.45, 7) is 7.57. The number of nitrogens with zero attached hydrogens (tertiary/aromatic N) is 2. The molecule has 2 rings (SSSR count). The van der Waals surface area contributed by atoms with Gasteiger partial charge in [0.05, 0.1) is 0 Å². The molecule has 0 aliphatic carbocycles. The fourth-order valence-corrected chi connectivity index (χ4v) is 2.97. The molecule has 0 fully saturated rings. The largest absolute Gasteiger partial charge is 0.444 e. The molecule has 0 atom stereocenters. The van der Waals surface area contributed by atoms with Gasteiger partial charge in [0.2, 0.25) is 0 Å². The monoisotopic (exact) mass is 550 g/mol. The number of unbranched alkanes of at least 4 members (excludes halogenated alkanes) is 4. The predicted octanol–water partition coefficient (Wildman–Crippen LogP) is 2.92. The molecule has 0 unspecified atom stereocenters. The Morgan fingerprint density at radius 2 is 1.19 bits per heavy atom. The number of rotatable bonds is 11. The normalized spacial score (nSPS) is 14.2. The number of alkyl carbamates (subject to hydrolysis) is 1. The zero-order chi connectivity index (χ0) is 26.9. The number of halogens is 2. The van der Waals surface area contributed by atoms with Crippen molar-refractivity contribution in [2.45, 2.75) is 64.9 Å². The SMILES string of the molecule is CC(C)(C)OC(=O)NCCCCCN1C(=O)C=CC1=O.CCl.Cl.NCCCCCN1C(=O)C=CC1=O. The van der Waals surface area contributed by atoms with Crippen LogP contribution in [0.5, 0.6) is 0 Å². The number of alkyl halides is 1. The molecule has 2 heterocycles. The summed E-state index contributed by atoms with van der Waals surface area (Å²) in [7, 11) is 0. The molecule has 5 amide bonds. The standard InChI is InChI=1S/C14H22N2O4.C9H14N2O2.CH3Cl.ClH/c1-14(2,3)20-13(19)15-9-5-4-6-10-16-11(17)7-8-12(16)18;10-6-2-1-3-7-11-8(12)4-5-9(11)13;1-2;/h7-8H,4-6,9-10H2,1-3H3,(H,15,19);4-5H,1-3,6-7,10H2;1H3;1H. The molecule has 3 N–H and O–H groups in total. The van der Waals surface area contributed by atoms with Gasteiger partial charge >= 0.3 is 6.09 Å². The lowest BCUT2D eigenvalue weighted by Crippen LogP contribution is -2.33. The third-order valence-corrected chi connectivity index (χ3v) is 4.61. The number of ether oxygens (including phenoxy) is 1. The van der Waals surface area contributed by atoms with E-state index in [9.17, 15) is 24.0 Å². The van der Waals surface area contributed by atoms with Crippen molar-refractivity contribution in [1.29, 1.82) is 0 Å². The minimum atomic E-state index is -0.493. The second-order valence-electron chi connectivity index (χ2n) is 8.66. The molecule has 0 saturated carbocycles. The number of carbonyl (C=O) groups excluding carboxylic acids is 5. The summed E-state index contributed by atoms with van der Waals surface area (Å²) in [4.78, 5) is 58.5. The Morgan fingerprint density at radius 3 is 1.56 bits per heavy atom. The topological polar surface area (TPSA) is 139 Å². The van der Waals surface area contributed by atoms with Crippen LogP contribution in [0.1, 0.15) is 59.3 Å². The van der Waals surface area contributed by atoms with Gasteiger partial charge in [-0.25, -0.2) is 4.79 Å². The van der Waals surface area contributed by atoms with E-state index in [1.807, 2.05) is 20.8 Å². The van der Waals surface area contributed by atoms with Crippen molar-refractivity contribution in [3.63, 3.8) is 0 Å². The highest BCUT2D eigenvalue weighted by atomic mass is 35.5. The summed E-state index contributed by atoms with van der Waals surface area (Å²) in [5, 5.41) is 2.66. The third kappa shape index (κ3) is 15.5. The molecule has 0 radical (unpaired) electrons. The number of carbonyl (C=O) groups is 5. The summed E-state index contributed by atoms with van der Waals surface area (Å²) in [5.41, 5.74) is 4.83. The summed E-state index contributed by atoms with van der Waals surface area (Å²) < 4.78 is 5.10. The number of imide groups is 2. The average Bonchev–Trinajstić information content (AvgIpc) is 3.29. The van der Waals surface area contributed by atoms with Gasteiger partial charge in [0.25, 0.3) is 23.6 Å². The molecule has 206 valence electrons. The zero-order valence-electron chi connectivity index (χ0n) is 21.6. The molecule has 0 bridgehead atoms. The molecular weight excluding hydrogens is 511 g/mol. The average molecular weight is 552 g/mol. The first-order valence-electron chi connectivity index (χ1n) is 11.7. The van der Waals surface area contributed by atoms with Gasteiger partial charge in [-0.15, -0.1) is 24.0 Å². The molecule has 10 nitrogen and oxygen atoms in total. The van der Waals surface area contributed by atoms with E-state index in [1.54, 1.807) is 0 Å². The highest BCUT2D eigenvalue weighted by Gasteiger charge is 2.23. The Balaban J connectivity index is 0. The van der Waals surface area contributed by atoms with Crippen molar-refractivity contribution in [3.05, 3.63) is 24.3 Å². The smallest absolute Gasteiger partial charge is 0.407 e. The van der Waals surface area contributed by atoms with Crippen LogP contribution in [0.3, 0.4) is 0 Å². The molecule has 36 heavy (non-hydrogen) atoms. The highest BCUT2D eigenvalue weighted by Crippen LogP contribution is 2.08. The number of nitrogens with two attached hydrogens (primary N) is 1. The van der Waals surface area contributed by atoms with Crippen LogP contribution in [0, 0.1) is 0 Å². The molecule has 2 aliphatic heterocycles. The maximum atomic E-state index is 11.3.